The molecule has 0 amide bonds. The Kier molecular flexibility index (Phi) is 2.82. The van der Waals surface area contributed by atoms with Crippen molar-refractivity contribution in [2.24, 2.45) is 0 Å². The molecule has 5 heteroatoms. The Hall–Kier alpha value is -1.62. The number of nitrogens with zero attached hydrogens (tertiary/aromatic N) is 2. The normalized spacial score (nSPS) is 12.9. The van der Waals surface area contributed by atoms with Crippen LogP contribution in [0.5, 0.6) is 0 Å². The molecule has 0 fully saturated rings. The summed E-state index contributed by atoms with van der Waals surface area (Å²) >= 11 is 0. The van der Waals surface area contributed by atoms with Crippen molar-refractivity contribution in [3.63, 3.8) is 0 Å². The van der Waals surface area contributed by atoms with E-state index >= 15 is 0 Å². The first-order valence-corrected chi connectivity index (χ1v) is 4.98. The van der Waals surface area contributed by atoms with Crippen molar-refractivity contribution in [1.29, 1.82) is 0 Å². The Bertz CT molecular complexity index is 403. The molecule has 0 aliphatic carbocycles. The molecule has 0 radical (unpaired) electrons. The van der Waals surface area contributed by atoms with Gasteiger partial charge in [0, 0.05) is 30.0 Å². The Balaban J connectivity index is 1.91. The van der Waals surface area contributed by atoms with Crippen molar-refractivity contribution in [1.82, 2.24) is 25.5 Å². The van der Waals surface area contributed by atoms with E-state index in [1.165, 1.54) is 0 Å². The van der Waals surface area contributed by atoms with Gasteiger partial charge in [0.05, 0.1) is 18.2 Å². The van der Waals surface area contributed by atoms with Crippen molar-refractivity contribution in [2.45, 2.75) is 26.4 Å². The smallest absolute Gasteiger partial charge is 0.0925 e. The molecule has 0 spiro atoms. The molecular formula is C10H15N5. The van der Waals surface area contributed by atoms with Crippen molar-refractivity contribution in [2.75, 3.05) is 0 Å². The van der Waals surface area contributed by atoms with Gasteiger partial charge in [-0.25, -0.2) is 4.98 Å². The topological polar surface area (TPSA) is 69.4 Å². The molecule has 2 aromatic heterocycles. The molecule has 2 heterocycles. The van der Waals surface area contributed by atoms with Crippen LogP contribution in [0.4, 0.5) is 0 Å². The van der Waals surface area contributed by atoms with Crippen LogP contribution >= 0.6 is 0 Å². The SMILES string of the molecule is Cc1[nH]cnc1CNC(C)c1cn[nH]c1. The third kappa shape index (κ3) is 2.24. The van der Waals surface area contributed by atoms with Gasteiger partial charge in [-0.3, -0.25) is 5.10 Å². The van der Waals surface area contributed by atoms with E-state index in [1.807, 2.05) is 19.3 Å². The van der Waals surface area contributed by atoms with Crippen LogP contribution in [-0.4, -0.2) is 20.2 Å². The first kappa shape index (κ1) is 9.92. The highest BCUT2D eigenvalue weighted by Gasteiger charge is 2.07. The van der Waals surface area contributed by atoms with Gasteiger partial charge in [0.25, 0.3) is 0 Å². The van der Waals surface area contributed by atoms with Crippen molar-refractivity contribution in [3.05, 3.63) is 35.7 Å². The molecule has 3 N–H and O–H groups in total. The maximum atomic E-state index is 4.23. The molecule has 0 aliphatic heterocycles. The van der Waals surface area contributed by atoms with E-state index in [4.69, 9.17) is 0 Å². The number of rotatable bonds is 4. The average Bonchev–Trinajstić information content (AvgIpc) is 2.85. The van der Waals surface area contributed by atoms with Crippen LogP contribution in [-0.2, 0) is 6.54 Å². The third-order valence-electron chi connectivity index (χ3n) is 2.53. The third-order valence-corrected chi connectivity index (χ3v) is 2.53. The van der Waals surface area contributed by atoms with Crippen LogP contribution in [0.1, 0.15) is 29.9 Å². The quantitative estimate of drug-likeness (QED) is 0.704. The number of nitrogens with one attached hydrogen (secondary N) is 3. The van der Waals surface area contributed by atoms with Gasteiger partial charge in [-0.05, 0) is 13.8 Å². The standard InChI is InChI=1S/C10H15N5/c1-7(9-3-14-15-4-9)11-5-10-8(2)12-6-13-10/h3-4,6-7,11H,5H2,1-2H3,(H,12,13)(H,14,15). The molecular weight excluding hydrogens is 190 g/mol. The fraction of sp³-hybridized carbons (Fsp3) is 0.400. The number of H-pyrrole nitrogens is 2. The second-order valence-corrected chi connectivity index (χ2v) is 3.61. The zero-order valence-corrected chi connectivity index (χ0v) is 8.91. The number of imidazole rings is 1. The second-order valence-electron chi connectivity index (χ2n) is 3.61. The number of hydrogen-bond donors (Lipinski definition) is 3. The summed E-state index contributed by atoms with van der Waals surface area (Å²) in [6.07, 6.45) is 5.44. The van der Waals surface area contributed by atoms with Crippen molar-refractivity contribution >= 4 is 0 Å². The molecule has 0 saturated heterocycles. The molecule has 2 aromatic rings. The molecule has 0 bridgehead atoms. The summed E-state index contributed by atoms with van der Waals surface area (Å²) in [7, 11) is 0. The lowest BCUT2D eigenvalue weighted by molar-refractivity contribution is 0.567. The van der Waals surface area contributed by atoms with Crippen LogP contribution in [0.15, 0.2) is 18.7 Å². The number of aryl methyl sites for hydroxylation is 1. The monoisotopic (exact) mass is 205 g/mol. The van der Waals surface area contributed by atoms with E-state index in [2.05, 4.69) is 32.4 Å². The maximum Gasteiger partial charge on any atom is 0.0925 e. The summed E-state index contributed by atoms with van der Waals surface area (Å²) in [5.41, 5.74) is 3.33. The minimum Gasteiger partial charge on any atom is -0.348 e. The molecule has 1 atom stereocenters. The summed E-state index contributed by atoms with van der Waals surface area (Å²) < 4.78 is 0. The first-order chi connectivity index (χ1) is 7.27. The molecule has 2 rings (SSSR count). The van der Waals surface area contributed by atoms with Gasteiger partial charge in [-0.2, -0.15) is 5.10 Å². The van der Waals surface area contributed by atoms with E-state index in [0.717, 1.165) is 23.5 Å². The van der Waals surface area contributed by atoms with Crippen molar-refractivity contribution in [3.8, 4) is 0 Å². The molecule has 0 saturated carbocycles. The number of hydrogen-bond acceptors (Lipinski definition) is 3. The van der Waals surface area contributed by atoms with E-state index < -0.39 is 0 Å². The van der Waals surface area contributed by atoms with Gasteiger partial charge in [0.15, 0.2) is 0 Å². The molecule has 1 unspecified atom stereocenters. The number of aromatic nitrogens is 4. The predicted molar refractivity (Wildman–Crippen MR) is 57.2 cm³/mol. The summed E-state index contributed by atoms with van der Waals surface area (Å²) in [6, 6.07) is 0.278. The molecule has 5 nitrogen and oxygen atoms in total. The Morgan fingerprint density at radius 2 is 2.40 bits per heavy atom. The summed E-state index contributed by atoms with van der Waals surface area (Å²) in [4.78, 5) is 7.29. The highest BCUT2D eigenvalue weighted by molar-refractivity contribution is 5.11. The summed E-state index contributed by atoms with van der Waals surface area (Å²) in [6.45, 7) is 4.89. The lowest BCUT2D eigenvalue weighted by Crippen LogP contribution is -2.18. The van der Waals surface area contributed by atoms with Gasteiger partial charge >= 0.3 is 0 Å². The van der Waals surface area contributed by atoms with Crippen LogP contribution in [0.3, 0.4) is 0 Å². The van der Waals surface area contributed by atoms with Gasteiger partial charge in [0.1, 0.15) is 0 Å². The molecule has 0 aliphatic rings. The fourth-order valence-electron chi connectivity index (χ4n) is 1.43. The van der Waals surface area contributed by atoms with Crippen LogP contribution in [0.25, 0.3) is 0 Å². The fourth-order valence-corrected chi connectivity index (χ4v) is 1.43. The molecule has 15 heavy (non-hydrogen) atoms. The average molecular weight is 205 g/mol. The predicted octanol–water partition coefficient (Wildman–Crippen LogP) is 1.29. The largest absolute Gasteiger partial charge is 0.348 e. The minimum absolute atomic E-state index is 0.278. The Morgan fingerprint density at radius 3 is 3.00 bits per heavy atom. The minimum atomic E-state index is 0.278. The van der Waals surface area contributed by atoms with Gasteiger partial charge < -0.3 is 10.3 Å². The van der Waals surface area contributed by atoms with Crippen molar-refractivity contribution < 1.29 is 0 Å². The van der Waals surface area contributed by atoms with E-state index in [1.54, 1.807) is 6.33 Å². The van der Waals surface area contributed by atoms with Gasteiger partial charge in [-0.15, -0.1) is 0 Å². The Labute approximate surface area is 88.3 Å². The van der Waals surface area contributed by atoms with Gasteiger partial charge in [0.2, 0.25) is 0 Å². The highest BCUT2D eigenvalue weighted by Crippen LogP contribution is 2.10. The van der Waals surface area contributed by atoms with Crippen LogP contribution < -0.4 is 5.32 Å². The Morgan fingerprint density at radius 1 is 1.53 bits per heavy atom. The molecule has 80 valence electrons. The highest BCUT2D eigenvalue weighted by atomic mass is 15.1. The van der Waals surface area contributed by atoms with E-state index in [-0.39, 0.29) is 6.04 Å². The second kappa shape index (κ2) is 4.27. The summed E-state index contributed by atoms with van der Waals surface area (Å²) in [5, 5.41) is 10.1. The maximum absolute atomic E-state index is 4.23. The first-order valence-electron chi connectivity index (χ1n) is 4.98. The number of aromatic amines is 2. The lowest BCUT2D eigenvalue weighted by Gasteiger charge is -2.10. The van der Waals surface area contributed by atoms with E-state index in [9.17, 15) is 0 Å². The zero-order valence-electron chi connectivity index (χ0n) is 8.91. The zero-order chi connectivity index (χ0) is 10.7. The summed E-state index contributed by atoms with van der Waals surface area (Å²) in [5.74, 6) is 0. The van der Waals surface area contributed by atoms with Crippen LogP contribution in [0.2, 0.25) is 0 Å². The van der Waals surface area contributed by atoms with Gasteiger partial charge in [-0.1, -0.05) is 0 Å². The van der Waals surface area contributed by atoms with Crippen LogP contribution in [0, 0.1) is 6.92 Å². The lowest BCUT2D eigenvalue weighted by atomic mass is 10.2. The molecule has 0 aromatic carbocycles. The van der Waals surface area contributed by atoms with E-state index in [0.29, 0.717) is 0 Å².